The molecule has 3 aromatic carbocycles. The third-order valence-corrected chi connectivity index (χ3v) is 5.63. The summed E-state index contributed by atoms with van der Waals surface area (Å²) in [5.74, 6) is -2.72. The summed E-state index contributed by atoms with van der Waals surface area (Å²) < 4.78 is 27.7. The zero-order valence-electron chi connectivity index (χ0n) is 17.6. The number of nitrogens with one attached hydrogen (secondary N) is 1. The van der Waals surface area contributed by atoms with Gasteiger partial charge in [0.1, 0.15) is 17.2 Å². The number of amides is 3. The average molecular weight is 435 g/mol. The van der Waals surface area contributed by atoms with Crippen LogP contribution in [0.3, 0.4) is 0 Å². The van der Waals surface area contributed by atoms with Crippen LogP contribution >= 0.6 is 0 Å². The molecule has 1 N–H and O–H groups in total. The van der Waals surface area contributed by atoms with Gasteiger partial charge in [-0.05, 0) is 55.3 Å². The van der Waals surface area contributed by atoms with E-state index in [4.69, 9.17) is 0 Å². The van der Waals surface area contributed by atoms with Crippen LogP contribution in [-0.2, 0) is 0 Å². The number of hydrogen-bond acceptors (Lipinski definition) is 2. The molecular weight excluding hydrogens is 412 g/mol. The molecule has 4 rings (SSSR count). The Kier molecular flexibility index (Phi) is 6.16. The summed E-state index contributed by atoms with van der Waals surface area (Å²) in [6, 6.07) is 19.6. The van der Waals surface area contributed by atoms with Gasteiger partial charge in [-0.3, -0.25) is 9.69 Å². The third kappa shape index (κ3) is 4.32. The summed E-state index contributed by atoms with van der Waals surface area (Å²) in [6.45, 7) is 3.27. The van der Waals surface area contributed by atoms with E-state index in [1.165, 1.54) is 6.07 Å². The molecule has 1 aliphatic rings. The maximum absolute atomic E-state index is 13.8. The summed E-state index contributed by atoms with van der Waals surface area (Å²) in [7, 11) is 0. The highest BCUT2D eigenvalue weighted by molar-refractivity contribution is 6.04. The van der Waals surface area contributed by atoms with Gasteiger partial charge in [-0.1, -0.05) is 36.4 Å². The molecule has 1 atom stereocenters. The molecule has 3 aromatic rings. The van der Waals surface area contributed by atoms with Crippen LogP contribution in [0.2, 0.25) is 0 Å². The average Bonchev–Trinajstić information content (AvgIpc) is 2.80. The highest BCUT2D eigenvalue weighted by atomic mass is 19.1. The number of anilines is 2. The molecule has 1 aliphatic heterocycles. The zero-order valence-corrected chi connectivity index (χ0v) is 17.6. The van der Waals surface area contributed by atoms with Gasteiger partial charge >= 0.3 is 6.03 Å². The smallest absolute Gasteiger partial charge is 0.322 e. The van der Waals surface area contributed by atoms with Crippen molar-refractivity contribution in [1.29, 1.82) is 0 Å². The topological polar surface area (TPSA) is 52.6 Å². The van der Waals surface area contributed by atoms with Gasteiger partial charge < -0.3 is 10.2 Å². The fourth-order valence-corrected chi connectivity index (χ4v) is 3.89. The van der Waals surface area contributed by atoms with E-state index in [9.17, 15) is 18.4 Å². The third-order valence-electron chi connectivity index (χ3n) is 5.63. The fourth-order valence-electron chi connectivity index (χ4n) is 3.89. The van der Waals surface area contributed by atoms with Crippen molar-refractivity contribution in [1.82, 2.24) is 4.90 Å². The van der Waals surface area contributed by atoms with Crippen molar-refractivity contribution in [3.63, 3.8) is 0 Å². The first-order valence-electron chi connectivity index (χ1n) is 10.4. The van der Waals surface area contributed by atoms with Gasteiger partial charge in [0.05, 0.1) is 6.04 Å². The maximum Gasteiger partial charge on any atom is 0.324 e. The van der Waals surface area contributed by atoms with E-state index in [0.29, 0.717) is 24.5 Å². The highest BCUT2D eigenvalue weighted by Gasteiger charge is 2.30. The summed E-state index contributed by atoms with van der Waals surface area (Å²) >= 11 is 0. The first-order chi connectivity index (χ1) is 15.5. The van der Waals surface area contributed by atoms with Crippen LogP contribution in [0.15, 0.2) is 72.8 Å². The minimum atomic E-state index is -0.925. The molecule has 1 unspecified atom stereocenters. The Morgan fingerprint density at radius 3 is 2.22 bits per heavy atom. The molecule has 0 saturated carbocycles. The molecule has 0 radical (unpaired) electrons. The molecule has 0 aromatic heterocycles. The number of nitrogens with zero attached hydrogens (tertiary/aromatic N) is 2. The van der Waals surface area contributed by atoms with Crippen molar-refractivity contribution in [3.05, 3.63) is 95.6 Å². The molecular formula is C25H23F2N3O2. The molecule has 0 aliphatic carbocycles. The number of rotatable bonds is 5. The molecule has 7 heteroatoms. The highest BCUT2D eigenvalue weighted by Crippen LogP contribution is 2.28. The van der Waals surface area contributed by atoms with Crippen LogP contribution in [-0.4, -0.2) is 29.9 Å². The van der Waals surface area contributed by atoms with Crippen molar-refractivity contribution >= 4 is 23.3 Å². The number of carbonyl (C=O) groups is 2. The molecule has 1 fully saturated rings. The maximum atomic E-state index is 13.8. The Bertz CT molecular complexity index is 1100. The van der Waals surface area contributed by atoms with Gasteiger partial charge in [0, 0.05) is 24.5 Å². The minimum absolute atomic E-state index is 0.0549. The molecule has 32 heavy (non-hydrogen) atoms. The number of halogens is 2. The van der Waals surface area contributed by atoms with Gasteiger partial charge in [0.15, 0.2) is 0 Å². The van der Waals surface area contributed by atoms with Crippen molar-refractivity contribution < 1.29 is 18.4 Å². The second-order valence-electron chi connectivity index (χ2n) is 7.67. The van der Waals surface area contributed by atoms with Gasteiger partial charge in [-0.2, -0.15) is 0 Å². The van der Waals surface area contributed by atoms with Crippen molar-refractivity contribution in [2.45, 2.75) is 19.4 Å². The first-order valence-corrected chi connectivity index (χ1v) is 10.4. The second kappa shape index (κ2) is 9.18. The second-order valence-corrected chi connectivity index (χ2v) is 7.67. The largest absolute Gasteiger partial charge is 0.324 e. The van der Waals surface area contributed by atoms with Crippen LogP contribution in [0.25, 0.3) is 0 Å². The van der Waals surface area contributed by atoms with Crippen LogP contribution in [0.4, 0.5) is 25.0 Å². The molecule has 1 saturated heterocycles. The Labute approximate surface area is 185 Å². The number of urea groups is 1. The van der Waals surface area contributed by atoms with Crippen LogP contribution < -0.4 is 10.2 Å². The van der Waals surface area contributed by atoms with Crippen LogP contribution in [0.5, 0.6) is 0 Å². The van der Waals surface area contributed by atoms with E-state index < -0.39 is 23.1 Å². The molecule has 5 nitrogen and oxygen atoms in total. The lowest BCUT2D eigenvalue weighted by molar-refractivity contribution is 0.101. The zero-order chi connectivity index (χ0) is 22.7. The predicted molar refractivity (Wildman–Crippen MR) is 120 cm³/mol. The van der Waals surface area contributed by atoms with Gasteiger partial charge in [0.2, 0.25) is 0 Å². The molecule has 164 valence electrons. The first kappa shape index (κ1) is 21.5. The minimum Gasteiger partial charge on any atom is -0.322 e. The van der Waals surface area contributed by atoms with Crippen molar-refractivity contribution in [3.8, 4) is 0 Å². The normalized spacial score (nSPS) is 14.9. The fraction of sp³-hybridized carbons (Fsp3) is 0.200. The summed E-state index contributed by atoms with van der Waals surface area (Å²) in [5.41, 5.74) is 1.50. The summed E-state index contributed by atoms with van der Waals surface area (Å²) in [5, 5.41) is 2.50. The Morgan fingerprint density at radius 2 is 1.56 bits per heavy atom. The van der Waals surface area contributed by atoms with E-state index in [1.807, 2.05) is 42.2 Å². The Morgan fingerprint density at radius 1 is 0.906 bits per heavy atom. The van der Waals surface area contributed by atoms with Crippen molar-refractivity contribution in [2.75, 3.05) is 23.3 Å². The van der Waals surface area contributed by atoms with E-state index in [0.717, 1.165) is 24.1 Å². The lowest BCUT2D eigenvalue weighted by atomic mass is 10.1. The van der Waals surface area contributed by atoms with E-state index in [-0.39, 0.29) is 12.1 Å². The van der Waals surface area contributed by atoms with Gasteiger partial charge in [-0.25, -0.2) is 13.6 Å². The summed E-state index contributed by atoms with van der Waals surface area (Å²) in [6.07, 6.45) is 0.827. The van der Waals surface area contributed by atoms with E-state index in [1.54, 1.807) is 29.2 Å². The number of hydrogen-bond donors (Lipinski definition) is 1. The molecule has 0 bridgehead atoms. The number of carbonyl (C=O) groups excluding carboxylic acids is 2. The summed E-state index contributed by atoms with van der Waals surface area (Å²) in [4.78, 5) is 29.0. The number of benzene rings is 3. The molecule has 0 spiro atoms. The molecule has 1 heterocycles. The predicted octanol–water partition coefficient (Wildman–Crippen LogP) is 5.61. The SMILES string of the molecule is CC(c1ccccc1)N1CCCN(c2ccc(NC(=O)c3c(F)cccc3F)cc2)C1=O. The quantitative estimate of drug-likeness (QED) is 0.566. The van der Waals surface area contributed by atoms with E-state index in [2.05, 4.69) is 5.32 Å². The van der Waals surface area contributed by atoms with Gasteiger partial charge in [0.25, 0.3) is 5.91 Å². The standard InChI is InChI=1S/C25H23F2N3O2/c1-17(18-7-3-2-4-8-18)29-15-6-16-30(25(29)32)20-13-11-19(12-14-20)28-24(31)23-21(26)9-5-10-22(23)27/h2-5,7-14,17H,6,15-16H2,1H3,(H,28,31). The van der Waals surface area contributed by atoms with Crippen LogP contribution in [0.1, 0.15) is 35.3 Å². The lowest BCUT2D eigenvalue weighted by Crippen LogP contribution is -2.50. The molecule has 3 amide bonds. The van der Waals surface area contributed by atoms with Gasteiger partial charge in [-0.15, -0.1) is 0 Å². The van der Waals surface area contributed by atoms with Crippen molar-refractivity contribution in [2.24, 2.45) is 0 Å². The lowest BCUT2D eigenvalue weighted by Gasteiger charge is -2.39. The Balaban J connectivity index is 1.47. The van der Waals surface area contributed by atoms with Crippen LogP contribution in [0, 0.1) is 11.6 Å². The van der Waals surface area contributed by atoms with E-state index >= 15 is 0 Å². The monoisotopic (exact) mass is 435 g/mol. The Hall–Kier alpha value is -3.74.